The second kappa shape index (κ2) is 5.57. The maximum Gasteiger partial charge on any atom is 0.119 e. The van der Waals surface area contributed by atoms with E-state index in [9.17, 15) is 0 Å². The Morgan fingerprint density at radius 1 is 1.50 bits per heavy atom. The molecule has 1 aromatic carbocycles. The van der Waals surface area contributed by atoms with Gasteiger partial charge in [-0.25, -0.2) is 0 Å². The number of nitrogens with zero attached hydrogens (tertiary/aromatic N) is 1. The zero-order chi connectivity index (χ0) is 13.0. The summed E-state index contributed by atoms with van der Waals surface area (Å²) in [7, 11) is 1.73. The standard InChI is InChI=1S/C16H23NO/c1-4-10-17-11-6-9-16(2,13-17)14-7-5-8-15(12-14)18-3/h4-5,7-8,12H,1,6,9-11,13H2,2-3H3/t16-/m0/s1. The van der Waals surface area contributed by atoms with Crippen molar-refractivity contribution in [2.24, 2.45) is 0 Å². The van der Waals surface area contributed by atoms with E-state index in [4.69, 9.17) is 4.74 Å². The maximum absolute atomic E-state index is 5.34. The molecule has 0 spiro atoms. The predicted molar refractivity (Wildman–Crippen MR) is 76.2 cm³/mol. The molecule has 0 radical (unpaired) electrons. The molecular weight excluding hydrogens is 222 g/mol. The highest BCUT2D eigenvalue weighted by atomic mass is 16.5. The Balaban J connectivity index is 2.20. The first-order chi connectivity index (χ1) is 8.68. The number of piperidine rings is 1. The molecule has 1 aromatic rings. The number of likely N-dealkylation sites (tertiary alicyclic amines) is 1. The average Bonchev–Trinajstić information content (AvgIpc) is 2.39. The molecule has 2 nitrogen and oxygen atoms in total. The Bertz CT molecular complexity index is 415. The first-order valence-corrected chi connectivity index (χ1v) is 6.66. The van der Waals surface area contributed by atoms with Crippen molar-refractivity contribution in [2.75, 3.05) is 26.7 Å². The van der Waals surface area contributed by atoms with Gasteiger partial charge in [0.05, 0.1) is 7.11 Å². The smallest absolute Gasteiger partial charge is 0.119 e. The molecule has 0 unspecified atom stereocenters. The summed E-state index contributed by atoms with van der Waals surface area (Å²) in [5, 5.41) is 0. The predicted octanol–water partition coefficient (Wildman–Crippen LogP) is 3.23. The van der Waals surface area contributed by atoms with Crippen LogP contribution in [0.5, 0.6) is 5.75 Å². The Labute approximate surface area is 110 Å². The molecule has 18 heavy (non-hydrogen) atoms. The van der Waals surface area contributed by atoms with Crippen LogP contribution in [0, 0.1) is 0 Å². The van der Waals surface area contributed by atoms with Gasteiger partial charge in [-0.2, -0.15) is 0 Å². The third kappa shape index (κ3) is 2.75. The second-order valence-electron chi connectivity index (χ2n) is 5.42. The van der Waals surface area contributed by atoms with E-state index in [0.717, 1.165) is 18.8 Å². The summed E-state index contributed by atoms with van der Waals surface area (Å²) in [5.41, 5.74) is 1.62. The van der Waals surface area contributed by atoms with E-state index in [1.54, 1.807) is 7.11 Å². The van der Waals surface area contributed by atoms with Gasteiger partial charge >= 0.3 is 0 Å². The molecule has 1 aliphatic heterocycles. The fraction of sp³-hybridized carbons (Fsp3) is 0.500. The highest BCUT2D eigenvalue weighted by molar-refractivity contribution is 5.34. The Kier molecular flexibility index (Phi) is 4.07. The lowest BCUT2D eigenvalue weighted by Crippen LogP contribution is -2.44. The van der Waals surface area contributed by atoms with Gasteiger partial charge in [-0.1, -0.05) is 25.1 Å². The maximum atomic E-state index is 5.34. The van der Waals surface area contributed by atoms with Crippen molar-refractivity contribution in [1.82, 2.24) is 4.90 Å². The summed E-state index contributed by atoms with van der Waals surface area (Å²) in [6, 6.07) is 8.50. The zero-order valence-corrected chi connectivity index (χ0v) is 11.5. The molecule has 1 atom stereocenters. The number of rotatable bonds is 4. The lowest BCUT2D eigenvalue weighted by atomic mass is 9.76. The van der Waals surface area contributed by atoms with Crippen LogP contribution in [-0.4, -0.2) is 31.6 Å². The molecule has 98 valence electrons. The first-order valence-electron chi connectivity index (χ1n) is 6.66. The minimum atomic E-state index is 0.232. The summed E-state index contributed by atoms with van der Waals surface area (Å²) in [6.07, 6.45) is 4.49. The van der Waals surface area contributed by atoms with Crippen LogP contribution < -0.4 is 4.74 Å². The molecule has 0 amide bonds. The van der Waals surface area contributed by atoms with Crippen LogP contribution in [-0.2, 0) is 5.41 Å². The van der Waals surface area contributed by atoms with Gasteiger partial charge in [0.15, 0.2) is 0 Å². The Morgan fingerprint density at radius 2 is 2.33 bits per heavy atom. The molecular formula is C16H23NO. The normalized spacial score (nSPS) is 24.8. The van der Waals surface area contributed by atoms with Gasteiger partial charge in [-0.15, -0.1) is 6.58 Å². The van der Waals surface area contributed by atoms with Crippen molar-refractivity contribution in [3.63, 3.8) is 0 Å². The molecule has 0 aromatic heterocycles. The van der Waals surface area contributed by atoms with E-state index in [2.05, 4.69) is 36.6 Å². The zero-order valence-electron chi connectivity index (χ0n) is 11.5. The van der Waals surface area contributed by atoms with Gasteiger partial charge in [0.25, 0.3) is 0 Å². The largest absolute Gasteiger partial charge is 0.497 e. The van der Waals surface area contributed by atoms with Crippen LogP contribution in [0.4, 0.5) is 0 Å². The van der Waals surface area contributed by atoms with Crippen LogP contribution in [0.25, 0.3) is 0 Å². The molecule has 1 aliphatic rings. The van der Waals surface area contributed by atoms with Crippen molar-refractivity contribution >= 4 is 0 Å². The van der Waals surface area contributed by atoms with Gasteiger partial charge in [0.2, 0.25) is 0 Å². The number of hydrogen-bond donors (Lipinski definition) is 0. The fourth-order valence-corrected chi connectivity index (χ4v) is 2.92. The van der Waals surface area contributed by atoms with Crippen LogP contribution in [0.3, 0.4) is 0 Å². The van der Waals surface area contributed by atoms with Crippen molar-refractivity contribution in [2.45, 2.75) is 25.2 Å². The van der Waals surface area contributed by atoms with Crippen molar-refractivity contribution in [3.8, 4) is 5.75 Å². The summed E-state index contributed by atoms with van der Waals surface area (Å²) >= 11 is 0. The molecule has 2 heteroatoms. The van der Waals surface area contributed by atoms with E-state index >= 15 is 0 Å². The Hall–Kier alpha value is -1.28. The number of methoxy groups -OCH3 is 1. The quantitative estimate of drug-likeness (QED) is 0.755. The minimum Gasteiger partial charge on any atom is -0.497 e. The van der Waals surface area contributed by atoms with Crippen LogP contribution in [0.1, 0.15) is 25.3 Å². The molecule has 0 saturated carbocycles. The number of hydrogen-bond acceptors (Lipinski definition) is 2. The third-order valence-corrected chi connectivity index (χ3v) is 3.93. The van der Waals surface area contributed by atoms with Crippen molar-refractivity contribution in [3.05, 3.63) is 42.5 Å². The molecule has 0 bridgehead atoms. The molecule has 1 heterocycles. The van der Waals surface area contributed by atoms with Gasteiger partial charge in [-0.3, -0.25) is 4.90 Å². The first kappa shape index (κ1) is 13.2. The molecule has 2 rings (SSSR count). The number of benzene rings is 1. The highest BCUT2D eigenvalue weighted by Gasteiger charge is 2.32. The van der Waals surface area contributed by atoms with Gasteiger partial charge in [0.1, 0.15) is 5.75 Å². The summed E-state index contributed by atoms with van der Waals surface area (Å²) in [4.78, 5) is 2.48. The van der Waals surface area contributed by atoms with Crippen molar-refractivity contribution in [1.29, 1.82) is 0 Å². The van der Waals surface area contributed by atoms with E-state index in [0.29, 0.717) is 0 Å². The minimum absolute atomic E-state index is 0.232. The van der Waals surface area contributed by atoms with E-state index in [-0.39, 0.29) is 5.41 Å². The Morgan fingerprint density at radius 3 is 3.06 bits per heavy atom. The van der Waals surface area contributed by atoms with Crippen LogP contribution in [0.2, 0.25) is 0 Å². The lowest BCUT2D eigenvalue weighted by Gasteiger charge is -2.40. The van der Waals surface area contributed by atoms with Gasteiger partial charge in [-0.05, 0) is 37.1 Å². The third-order valence-electron chi connectivity index (χ3n) is 3.93. The summed E-state index contributed by atoms with van der Waals surface area (Å²) in [6.45, 7) is 9.47. The highest BCUT2D eigenvalue weighted by Crippen LogP contribution is 2.35. The van der Waals surface area contributed by atoms with Gasteiger partial charge < -0.3 is 4.74 Å². The van der Waals surface area contributed by atoms with E-state index in [1.165, 1.54) is 24.9 Å². The number of ether oxygens (including phenoxy) is 1. The monoisotopic (exact) mass is 245 g/mol. The van der Waals surface area contributed by atoms with Crippen LogP contribution >= 0.6 is 0 Å². The molecule has 1 saturated heterocycles. The summed E-state index contributed by atoms with van der Waals surface area (Å²) < 4.78 is 5.34. The lowest BCUT2D eigenvalue weighted by molar-refractivity contribution is 0.171. The van der Waals surface area contributed by atoms with Gasteiger partial charge in [0, 0.05) is 18.5 Å². The average molecular weight is 245 g/mol. The summed E-state index contributed by atoms with van der Waals surface area (Å²) in [5.74, 6) is 0.953. The van der Waals surface area contributed by atoms with Crippen molar-refractivity contribution < 1.29 is 4.74 Å². The van der Waals surface area contributed by atoms with E-state index < -0.39 is 0 Å². The van der Waals surface area contributed by atoms with Crippen LogP contribution in [0.15, 0.2) is 36.9 Å². The van der Waals surface area contributed by atoms with E-state index in [1.807, 2.05) is 12.1 Å². The SMILES string of the molecule is C=CCN1CCC[C@](C)(c2cccc(OC)c2)C1. The topological polar surface area (TPSA) is 12.5 Å². The second-order valence-corrected chi connectivity index (χ2v) is 5.42. The molecule has 1 fully saturated rings. The molecule has 0 N–H and O–H groups in total. The molecule has 0 aliphatic carbocycles. The fourth-order valence-electron chi connectivity index (χ4n) is 2.92.